The largest absolute Gasteiger partial charge is 0.379 e. The number of carbonyl (C=O) groups excluding carboxylic acids is 1. The fraction of sp³-hybridized carbons (Fsp3) is 0.389. The monoisotopic (exact) mass is 360 g/mol. The van der Waals surface area contributed by atoms with Crippen molar-refractivity contribution < 1.29 is 13.9 Å². The molecule has 0 radical (unpaired) electrons. The molecule has 1 fully saturated rings. The van der Waals surface area contributed by atoms with E-state index in [4.69, 9.17) is 4.74 Å². The lowest BCUT2D eigenvalue weighted by molar-refractivity contribution is -0.122. The van der Waals surface area contributed by atoms with Crippen LogP contribution in [0.15, 0.2) is 41.2 Å². The molecule has 1 saturated heterocycles. The fourth-order valence-electron chi connectivity index (χ4n) is 2.74. The lowest BCUT2D eigenvalue weighted by atomic mass is 10.1. The van der Waals surface area contributed by atoms with Gasteiger partial charge in [-0.1, -0.05) is 12.1 Å². The summed E-state index contributed by atoms with van der Waals surface area (Å²) < 4.78 is 20.2. The van der Waals surface area contributed by atoms with Crippen molar-refractivity contribution in [3.8, 4) is 11.3 Å². The summed E-state index contributed by atoms with van der Waals surface area (Å²) >= 11 is 0. The molecule has 7 nitrogen and oxygen atoms in total. The highest BCUT2D eigenvalue weighted by Gasteiger charge is 2.12. The number of nitrogens with zero attached hydrogens (tertiary/aromatic N) is 3. The summed E-state index contributed by atoms with van der Waals surface area (Å²) in [6, 6.07) is 8.91. The molecule has 138 valence electrons. The molecule has 0 bridgehead atoms. The van der Waals surface area contributed by atoms with E-state index in [0.717, 1.165) is 24.3 Å². The molecule has 26 heavy (non-hydrogen) atoms. The maximum atomic E-state index is 13.9. The Kier molecular flexibility index (Phi) is 6.08. The van der Waals surface area contributed by atoms with E-state index in [-0.39, 0.29) is 18.0 Å². The molecule has 2 heterocycles. The van der Waals surface area contributed by atoms with E-state index in [1.165, 1.54) is 18.2 Å². The molecule has 0 spiro atoms. The predicted molar refractivity (Wildman–Crippen MR) is 94.2 cm³/mol. The second kappa shape index (κ2) is 8.68. The number of nitrogens with one attached hydrogen (secondary N) is 1. The van der Waals surface area contributed by atoms with Crippen molar-refractivity contribution in [1.82, 2.24) is 20.0 Å². The number of halogens is 1. The molecule has 1 aromatic heterocycles. The third-order valence-corrected chi connectivity index (χ3v) is 4.16. The van der Waals surface area contributed by atoms with Crippen LogP contribution < -0.4 is 10.9 Å². The Labute approximate surface area is 150 Å². The zero-order valence-corrected chi connectivity index (χ0v) is 14.4. The summed E-state index contributed by atoms with van der Waals surface area (Å²) in [7, 11) is 0. The molecule has 8 heteroatoms. The van der Waals surface area contributed by atoms with Crippen LogP contribution >= 0.6 is 0 Å². The Hall–Kier alpha value is -2.58. The second-order valence-corrected chi connectivity index (χ2v) is 6.00. The zero-order chi connectivity index (χ0) is 18.4. The van der Waals surface area contributed by atoms with Gasteiger partial charge in [0.25, 0.3) is 5.56 Å². The number of benzene rings is 1. The minimum absolute atomic E-state index is 0.204. The van der Waals surface area contributed by atoms with Gasteiger partial charge in [0, 0.05) is 37.8 Å². The number of hydrogen-bond acceptors (Lipinski definition) is 5. The molecule has 1 N–H and O–H groups in total. The average molecular weight is 360 g/mol. The van der Waals surface area contributed by atoms with Crippen LogP contribution in [0.25, 0.3) is 11.3 Å². The van der Waals surface area contributed by atoms with Gasteiger partial charge in [-0.2, -0.15) is 5.10 Å². The van der Waals surface area contributed by atoms with E-state index in [1.807, 2.05) is 0 Å². The van der Waals surface area contributed by atoms with Crippen LogP contribution in [0.1, 0.15) is 0 Å². The Balaban J connectivity index is 1.60. The normalized spacial score (nSPS) is 15.0. The van der Waals surface area contributed by atoms with Crippen LogP contribution in [0.2, 0.25) is 0 Å². The molecule has 1 amide bonds. The van der Waals surface area contributed by atoms with Gasteiger partial charge in [0.2, 0.25) is 5.91 Å². The Bertz CT molecular complexity index is 818. The molecule has 1 aliphatic heterocycles. The number of hydrogen-bond donors (Lipinski definition) is 1. The van der Waals surface area contributed by atoms with E-state index in [2.05, 4.69) is 15.3 Å². The smallest absolute Gasteiger partial charge is 0.267 e. The number of ether oxygens (including phenoxy) is 1. The van der Waals surface area contributed by atoms with Crippen LogP contribution in [0.4, 0.5) is 4.39 Å². The SMILES string of the molecule is O=C(Cn1nc(-c2ccccc2F)ccc1=O)NCCN1CCOCC1. The number of aromatic nitrogens is 2. The van der Waals surface area contributed by atoms with Gasteiger partial charge in [0.05, 0.1) is 18.9 Å². The molecule has 2 aromatic rings. The van der Waals surface area contributed by atoms with Crippen molar-refractivity contribution in [3.63, 3.8) is 0 Å². The van der Waals surface area contributed by atoms with Crippen LogP contribution in [0, 0.1) is 5.82 Å². The van der Waals surface area contributed by atoms with E-state index in [0.29, 0.717) is 25.5 Å². The minimum atomic E-state index is -0.430. The first kappa shape index (κ1) is 18.2. The summed E-state index contributed by atoms with van der Waals surface area (Å²) in [4.78, 5) is 26.2. The first-order chi connectivity index (χ1) is 12.6. The highest BCUT2D eigenvalue weighted by molar-refractivity contribution is 5.75. The van der Waals surface area contributed by atoms with Gasteiger partial charge >= 0.3 is 0 Å². The number of amides is 1. The van der Waals surface area contributed by atoms with Gasteiger partial charge in [0.1, 0.15) is 12.4 Å². The standard InChI is InChI=1S/C18H21FN4O3/c19-15-4-2-1-3-14(15)16-5-6-18(25)23(21-16)13-17(24)20-7-8-22-9-11-26-12-10-22/h1-6H,7-13H2,(H,20,24). The lowest BCUT2D eigenvalue weighted by Crippen LogP contribution is -2.42. The van der Waals surface area contributed by atoms with E-state index < -0.39 is 11.4 Å². The summed E-state index contributed by atoms with van der Waals surface area (Å²) in [6.07, 6.45) is 0. The zero-order valence-electron chi connectivity index (χ0n) is 14.4. The number of morpholine rings is 1. The third kappa shape index (κ3) is 4.74. The van der Waals surface area contributed by atoms with Crippen LogP contribution in [0.3, 0.4) is 0 Å². The van der Waals surface area contributed by atoms with E-state index >= 15 is 0 Å². The Morgan fingerprint density at radius 3 is 2.73 bits per heavy atom. The molecule has 1 aliphatic rings. The Morgan fingerprint density at radius 2 is 1.96 bits per heavy atom. The molecule has 0 atom stereocenters. The topological polar surface area (TPSA) is 76.5 Å². The first-order valence-corrected chi connectivity index (χ1v) is 8.53. The molecular formula is C18H21FN4O3. The summed E-state index contributed by atoms with van der Waals surface area (Å²) in [5, 5.41) is 6.90. The minimum Gasteiger partial charge on any atom is -0.379 e. The molecule has 1 aromatic carbocycles. The van der Waals surface area contributed by atoms with Crippen LogP contribution in [0.5, 0.6) is 0 Å². The van der Waals surface area contributed by atoms with Gasteiger partial charge in [-0.3, -0.25) is 14.5 Å². The van der Waals surface area contributed by atoms with Crippen LogP contribution in [-0.2, 0) is 16.1 Å². The Morgan fingerprint density at radius 1 is 1.19 bits per heavy atom. The van der Waals surface area contributed by atoms with Gasteiger partial charge in [-0.15, -0.1) is 0 Å². The van der Waals surface area contributed by atoms with Gasteiger partial charge < -0.3 is 10.1 Å². The quantitative estimate of drug-likeness (QED) is 0.812. The summed E-state index contributed by atoms with van der Waals surface area (Å²) in [5.41, 5.74) is 0.186. The first-order valence-electron chi connectivity index (χ1n) is 8.53. The molecule has 0 aliphatic carbocycles. The van der Waals surface area contributed by atoms with Crippen LogP contribution in [-0.4, -0.2) is 60.0 Å². The van der Waals surface area contributed by atoms with Crippen molar-refractivity contribution in [3.05, 3.63) is 52.6 Å². The van der Waals surface area contributed by atoms with E-state index in [1.54, 1.807) is 18.2 Å². The van der Waals surface area contributed by atoms with Gasteiger partial charge in [0.15, 0.2) is 0 Å². The molecule has 3 rings (SSSR count). The van der Waals surface area contributed by atoms with Crippen molar-refractivity contribution in [2.75, 3.05) is 39.4 Å². The van der Waals surface area contributed by atoms with Crippen molar-refractivity contribution in [2.24, 2.45) is 0 Å². The van der Waals surface area contributed by atoms with E-state index in [9.17, 15) is 14.0 Å². The van der Waals surface area contributed by atoms with Gasteiger partial charge in [-0.25, -0.2) is 9.07 Å². The van der Waals surface area contributed by atoms with Crippen molar-refractivity contribution >= 4 is 5.91 Å². The lowest BCUT2D eigenvalue weighted by Gasteiger charge is -2.26. The average Bonchev–Trinajstić information content (AvgIpc) is 2.65. The fourth-order valence-corrected chi connectivity index (χ4v) is 2.74. The summed E-state index contributed by atoms with van der Waals surface area (Å²) in [5.74, 6) is -0.737. The number of rotatable bonds is 6. The van der Waals surface area contributed by atoms with Crippen molar-refractivity contribution in [1.29, 1.82) is 0 Å². The molecule has 0 saturated carbocycles. The third-order valence-electron chi connectivity index (χ3n) is 4.16. The van der Waals surface area contributed by atoms with Crippen molar-refractivity contribution in [2.45, 2.75) is 6.54 Å². The summed E-state index contributed by atoms with van der Waals surface area (Å²) in [6.45, 7) is 4.12. The number of carbonyl (C=O) groups is 1. The van der Waals surface area contributed by atoms with Gasteiger partial charge in [-0.05, 0) is 18.2 Å². The predicted octanol–water partition coefficient (Wildman–Crippen LogP) is 0.498. The molecular weight excluding hydrogens is 339 g/mol. The molecule has 0 unspecified atom stereocenters. The maximum absolute atomic E-state index is 13.9. The second-order valence-electron chi connectivity index (χ2n) is 6.00. The maximum Gasteiger partial charge on any atom is 0.267 e. The highest BCUT2D eigenvalue weighted by atomic mass is 19.1. The highest BCUT2D eigenvalue weighted by Crippen LogP contribution is 2.18.